The zero-order valence-electron chi connectivity index (χ0n) is 7.11. The first kappa shape index (κ1) is 10.5. The topological polar surface area (TPSA) is 80.9 Å². The van der Waals surface area contributed by atoms with Crippen molar-refractivity contribution in [2.45, 2.75) is 0 Å². The maximum atomic E-state index is 10.0. The third-order valence-electron chi connectivity index (χ3n) is 0.868. The molecule has 0 atom stereocenters. The van der Waals surface area contributed by atoms with E-state index in [1.165, 1.54) is 12.4 Å². The van der Waals surface area contributed by atoms with Crippen molar-refractivity contribution < 1.29 is 4.79 Å². The van der Waals surface area contributed by atoms with Gasteiger partial charge in [-0.1, -0.05) is 0 Å². The van der Waals surface area contributed by atoms with Crippen LogP contribution in [0.5, 0.6) is 0 Å². The fourth-order valence-electron chi connectivity index (χ4n) is 0.450. The SMILES string of the molecule is CNC.Nc1nccnc1C=O. The Morgan fingerprint density at radius 2 is 1.92 bits per heavy atom. The van der Waals surface area contributed by atoms with E-state index < -0.39 is 0 Å². The van der Waals surface area contributed by atoms with E-state index in [1.54, 1.807) is 0 Å². The Balaban J connectivity index is 0.000000354. The molecule has 1 aromatic rings. The highest BCUT2D eigenvalue weighted by molar-refractivity contribution is 5.78. The number of carbonyl (C=O) groups excluding carboxylic acids is 1. The lowest BCUT2D eigenvalue weighted by molar-refractivity contribution is 0.111. The molecule has 0 amide bonds. The highest BCUT2D eigenvalue weighted by Gasteiger charge is 1.94. The molecule has 1 aromatic heterocycles. The third kappa shape index (κ3) is 3.62. The van der Waals surface area contributed by atoms with Crippen LogP contribution in [0.4, 0.5) is 5.82 Å². The molecule has 0 fully saturated rings. The van der Waals surface area contributed by atoms with Gasteiger partial charge in [0.05, 0.1) is 0 Å². The van der Waals surface area contributed by atoms with Crippen LogP contribution in [0.1, 0.15) is 10.5 Å². The van der Waals surface area contributed by atoms with Gasteiger partial charge in [0.25, 0.3) is 0 Å². The molecule has 0 unspecified atom stereocenters. The van der Waals surface area contributed by atoms with E-state index in [0.29, 0.717) is 6.29 Å². The highest BCUT2D eigenvalue weighted by atomic mass is 16.1. The standard InChI is InChI=1S/C5H5N3O.C2H7N/c6-5-4(3-9)7-1-2-8-5;1-3-2/h1-3H,(H2,6,8);3H,1-2H3. The largest absolute Gasteiger partial charge is 0.382 e. The molecular weight excluding hydrogens is 156 g/mol. The molecule has 0 aliphatic carbocycles. The van der Waals surface area contributed by atoms with Gasteiger partial charge in [-0.05, 0) is 14.1 Å². The first-order chi connectivity index (χ1) is 5.76. The van der Waals surface area contributed by atoms with Gasteiger partial charge >= 0.3 is 0 Å². The number of anilines is 1. The van der Waals surface area contributed by atoms with Crippen LogP contribution in [-0.2, 0) is 0 Å². The van der Waals surface area contributed by atoms with Crippen molar-refractivity contribution in [3.05, 3.63) is 18.1 Å². The lowest BCUT2D eigenvalue weighted by Gasteiger charge is -1.90. The predicted molar refractivity (Wildman–Crippen MR) is 46.8 cm³/mol. The van der Waals surface area contributed by atoms with Gasteiger partial charge in [-0.3, -0.25) is 4.79 Å². The maximum Gasteiger partial charge on any atom is 0.172 e. The first-order valence-corrected chi connectivity index (χ1v) is 3.36. The molecule has 0 aliphatic rings. The Hall–Kier alpha value is -1.49. The van der Waals surface area contributed by atoms with Gasteiger partial charge in [-0.15, -0.1) is 0 Å². The monoisotopic (exact) mass is 168 g/mol. The van der Waals surface area contributed by atoms with Crippen LogP contribution in [0, 0.1) is 0 Å². The van der Waals surface area contributed by atoms with E-state index in [4.69, 9.17) is 5.73 Å². The van der Waals surface area contributed by atoms with E-state index in [0.717, 1.165) is 0 Å². The quantitative estimate of drug-likeness (QED) is 0.563. The molecule has 0 bridgehead atoms. The van der Waals surface area contributed by atoms with Gasteiger partial charge < -0.3 is 11.1 Å². The van der Waals surface area contributed by atoms with E-state index in [-0.39, 0.29) is 11.5 Å². The van der Waals surface area contributed by atoms with E-state index in [2.05, 4.69) is 15.3 Å². The van der Waals surface area contributed by atoms with Crippen molar-refractivity contribution in [2.75, 3.05) is 19.8 Å². The first-order valence-electron chi connectivity index (χ1n) is 3.36. The maximum absolute atomic E-state index is 10.0. The lowest BCUT2D eigenvalue weighted by atomic mass is 10.4. The summed E-state index contributed by atoms with van der Waals surface area (Å²) in [4.78, 5) is 17.3. The Kier molecular flexibility index (Phi) is 5.46. The number of hydrogen-bond acceptors (Lipinski definition) is 5. The zero-order valence-corrected chi connectivity index (χ0v) is 7.11. The fraction of sp³-hybridized carbons (Fsp3) is 0.286. The second-order valence-electron chi connectivity index (χ2n) is 1.94. The van der Waals surface area contributed by atoms with E-state index in [1.807, 2.05) is 14.1 Å². The molecule has 12 heavy (non-hydrogen) atoms. The van der Waals surface area contributed by atoms with Gasteiger partial charge in [0.1, 0.15) is 5.69 Å². The molecule has 0 aromatic carbocycles. The molecule has 5 nitrogen and oxygen atoms in total. The minimum absolute atomic E-state index is 0.174. The molecule has 3 N–H and O–H groups in total. The second kappa shape index (κ2) is 6.23. The van der Waals surface area contributed by atoms with Crippen LogP contribution >= 0.6 is 0 Å². The summed E-state index contributed by atoms with van der Waals surface area (Å²) in [5.41, 5.74) is 5.42. The molecule has 1 heterocycles. The van der Waals surface area contributed by atoms with Crippen molar-refractivity contribution in [3.8, 4) is 0 Å². The predicted octanol–water partition coefficient (Wildman–Crippen LogP) is -0.293. The van der Waals surface area contributed by atoms with Gasteiger partial charge in [0.15, 0.2) is 12.1 Å². The normalized spacial score (nSPS) is 8.17. The van der Waals surface area contributed by atoms with Crippen LogP contribution in [0.25, 0.3) is 0 Å². The molecule has 0 aliphatic heterocycles. The molecule has 0 saturated carbocycles. The number of rotatable bonds is 1. The number of aldehydes is 1. The van der Waals surface area contributed by atoms with Crippen LogP contribution in [-0.4, -0.2) is 30.3 Å². The Bertz CT molecular complexity index is 239. The molecule has 5 heteroatoms. The average Bonchev–Trinajstić information content (AvgIpc) is 2.07. The second-order valence-corrected chi connectivity index (χ2v) is 1.94. The molecule has 0 spiro atoms. The van der Waals surface area contributed by atoms with Crippen LogP contribution in [0.2, 0.25) is 0 Å². The third-order valence-corrected chi connectivity index (χ3v) is 0.868. The Labute approximate surface area is 71.0 Å². The number of nitrogens with one attached hydrogen (secondary N) is 1. The van der Waals surface area contributed by atoms with Crippen molar-refractivity contribution in [3.63, 3.8) is 0 Å². The van der Waals surface area contributed by atoms with Crippen molar-refractivity contribution in [1.29, 1.82) is 0 Å². The van der Waals surface area contributed by atoms with Gasteiger partial charge in [0, 0.05) is 12.4 Å². The smallest absolute Gasteiger partial charge is 0.172 e. The summed E-state index contributed by atoms with van der Waals surface area (Å²) < 4.78 is 0. The van der Waals surface area contributed by atoms with Crippen molar-refractivity contribution in [2.24, 2.45) is 0 Å². The molecule has 0 radical (unpaired) electrons. The minimum atomic E-state index is 0.174. The minimum Gasteiger partial charge on any atom is -0.382 e. The van der Waals surface area contributed by atoms with E-state index >= 15 is 0 Å². The lowest BCUT2D eigenvalue weighted by Crippen LogP contribution is -1.97. The van der Waals surface area contributed by atoms with Gasteiger partial charge in [0.2, 0.25) is 0 Å². The summed E-state index contributed by atoms with van der Waals surface area (Å²) in [6, 6.07) is 0. The molecular formula is C7H12N4O. The fourth-order valence-corrected chi connectivity index (χ4v) is 0.450. The Morgan fingerprint density at radius 1 is 1.42 bits per heavy atom. The number of aromatic nitrogens is 2. The molecule has 1 rings (SSSR count). The zero-order chi connectivity index (χ0) is 9.40. The van der Waals surface area contributed by atoms with Gasteiger partial charge in [-0.2, -0.15) is 0 Å². The summed E-state index contributed by atoms with van der Waals surface area (Å²) in [5, 5.41) is 2.75. The molecule has 66 valence electrons. The molecule has 0 saturated heterocycles. The van der Waals surface area contributed by atoms with Crippen LogP contribution in [0.15, 0.2) is 12.4 Å². The number of nitrogens with two attached hydrogens (primary N) is 1. The number of carbonyl (C=O) groups is 1. The summed E-state index contributed by atoms with van der Waals surface area (Å²) in [7, 11) is 3.75. The highest BCUT2D eigenvalue weighted by Crippen LogP contribution is 1.96. The van der Waals surface area contributed by atoms with Gasteiger partial charge in [-0.25, -0.2) is 9.97 Å². The summed E-state index contributed by atoms with van der Waals surface area (Å²) in [5.74, 6) is 0.174. The number of nitrogens with zero attached hydrogens (tertiary/aromatic N) is 2. The van der Waals surface area contributed by atoms with Crippen LogP contribution < -0.4 is 11.1 Å². The van der Waals surface area contributed by atoms with Crippen LogP contribution in [0.3, 0.4) is 0 Å². The summed E-state index contributed by atoms with van der Waals surface area (Å²) in [6.07, 6.45) is 3.42. The van der Waals surface area contributed by atoms with Crippen molar-refractivity contribution >= 4 is 12.1 Å². The number of nitrogen functional groups attached to an aromatic ring is 1. The number of hydrogen-bond donors (Lipinski definition) is 2. The summed E-state index contributed by atoms with van der Waals surface area (Å²) in [6.45, 7) is 0. The van der Waals surface area contributed by atoms with E-state index in [9.17, 15) is 4.79 Å². The Morgan fingerprint density at radius 3 is 2.25 bits per heavy atom. The average molecular weight is 168 g/mol. The van der Waals surface area contributed by atoms with Crippen molar-refractivity contribution in [1.82, 2.24) is 15.3 Å². The summed E-state index contributed by atoms with van der Waals surface area (Å²) >= 11 is 0.